The van der Waals surface area contributed by atoms with Gasteiger partial charge < -0.3 is 14.6 Å². The first-order valence-corrected chi connectivity index (χ1v) is 6.53. The molecule has 1 N–H and O–H groups in total. The summed E-state index contributed by atoms with van der Waals surface area (Å²) in [7, 11) is 1.66. The Bertz CT molecular complexity index is 387. The predicted molar refractivity (Wildman–Crippen MR) is 70.6 cm³/mol. The molecule has 0 saturated carbocycles. The summed E-state index contributed by atoms with van der Waals surface area (Å²) in [6, 6.07) is 8.34. The van der Waals surface area contributed by atoms with E-state index >= 15 is 0 Å². The third-order valence-corrected chi connectivity index (χ3v) is 3.56. The SMILES string of the molecule is COCCC(C)(O)CC1OCCc2ccccc21. The fraction of sp³-hybridized carbons (Fsp3) is 0.600. The zero-order valence-corrected chi connectivity index (χ0v) is 11.2. The van der Waals surface area contributed by atoms with Crippen molar-refractivity contribution in [3.05, 3.63) is 35.4 Å². The van der Waals surface area contributed by atoms with Crippen molar-refractivity contribution in [3.8, 4) is 0 Å². The van der Waals surface area contributed by atoms with Gasteiger partial charge in [0.25, 0.3) is 0 Å². The van der Waals surface area contributed by atoms with Gasteiger partial charge >= 0.3 is 0 Å². The molecule has 0 amide bonds. The summed E-state index contributed by atoms with van der Waals surface area (Å²) in [6.07, 6.45) is 2.22. The Morgan fingerprint density at radius 3 is 3.00 bits per heavy atom. The van der Waals surface area contributed by atoms with Gasteiger partial charge in [-0.15, -0.1) is 0 Å². The minimum atomic E-state index is -0.745. The van der Waals surface area contributed by atoms with Crippen LogP contribution in [0.25, 0.3) is 0 Å². The molecule has 2 rings (SSSR count). The van der Waals surface area contributed by atoms with E-state index in [9.17, 15) is 5.11 Å². The molecule has 100 valence electrons. The van der Waals surface area contributed by atoms with Crippen LogP contribution in [0.4, 0.5) is 0 Å². The molecule has 3 heteroatoms. The van der Waals surface area contributed by atoms with E-state index in [-0.39, 0.29) is 6.10 Å². The fourth-order valence-electron chi connectivity index (χ4n) is 2.47. The minimum absolute atomic E-state index is 0.00167. The van der Waals surface area contributed by atoms with Gasteiger partial charge in [0.05, 0.1) is 18.3 Å². The van der Waals surface area contributed by atoms with Crippen molar-refractivity contribution >= 4 is 0 Å². The van der Waals surface area contributed by atoms with Crippen molar-refractivity contribution in [2.75, 3.05) is 20.3 Å². The van der Waals surface area contributed by atoms with Gasteiger partial charge in [0.1, 0.15) is 0 Å². The highest BCUT2D eigenvalue weighted by atomic mass is 16.5. The average molecular weight is 250 g/mol. The quantitative estimate of drug-likeness (QED) is 0.872. The second kappa shape index (κ2) is 5.83. The lowest BCUT2D eigenvalue weighted by molar-refractivity contribution is -0.0488. The highest BCUT2D eigenvalue weighted by Gasteiger charge is 2.29. The Balaban J connectivity index is 2.06. The van der Waals surface area contributed by atoms with Crippen molar-refractivity contribution in [1.29, 1.82) is 0 Å². The van der Waals surface area contributed by atoms with Gasteiger partial charge in [0, 0.05) is 20.1 Å². The predicted octanol–water partition coefficient (Wildman–Crippen LogP) is 2.48. The number of methoxy groups -OCH3 is 1. The van der Waals surface area contributed by atoms with E-state index < -0.39 is 5.60 Å². The number of hydrogen-bond acceptors (Lipinski definition) is 3. The molecule has 3 nitrogen and oxygen atoms in total. The summed E-state index contributed by atoms with van der Waals surface area (Å²) in [4.78, 5) is 0. The fourth-order valence-corrected chi connectivity index (χ4v) is 2.47. The number of fused-ring (bicyclic) bond motifs is 1. The molecule has 0 bridgehead atoms. The van der Waals surface area contributed by atoms with Gasteiger partial charge in [-0.05, 0) is 30.9 Å². The zero-order chi connectivity index (χ0) is 13.0. The Hall–Kier alpha value is -0.900. The first-order chi connectivity index (χ1) is 8.62. The topological polar surface area (TPSA) is 38.7 Å². The highest BCUT2D eigenvalue weighted by Crippen LogP contribution is 2.34. The molecule has 18 heavy (non-hydrogen) atoms. The monoisotopic (exact) mass is 250 g/mol. The second-order valence-corrected chi connectivity index (χ2v) is 5.25. The molecule has 0 aromatic heterocycles. The van der Waals surface area contributed by atoms with Crippen LogP contribution >= 0.6 is 0 Å². The Morgan fingerprint density at radius 2 is 2.22 bits per heavy atom. The molecule has 0 radical (unpaired) electrons. The van der Waals surface area contributed by atoms with Gasteiger partial charge in [-0.1, -0.05) is 24.3 Å². The Labute approximate surface area is 109 Å². The van der Waals surface area contributed by atoms with E-state index in [1.54, 1.807) is 7.11 Å². The molecule has 1 heterocycles. The van der Waals surface area contributed by atoms with Crippen molar-refractivity contribution in [2.45, 2.75) is 37.9 Å². The van der Waals surface area contributed by atoms with Crippen molar-refractivity contribution in [1.82, 2.24) is 0 Å². The molecule has 0 saturated heterocycles. The Morgan fingerprint density at radius 1 is 1.44 bits per heavy atom. The number of aliphatic hydroxyl groups is 1. The van der Waals surface area contributed by atoms with Gasteiger partial charge in [-0.25, -0.2) is 0 Å². The summed E-state index contributed by atoms with van der Waals surface area (Å²) < 4.78 is 10.9. The van der Waals surface area contributed by atoms with E-state index in [1.165, 1.54) is 11.1 Å². The molecular weight excluding hydrogens is 228 g/mol. The molecule has 2 unspecified atom stereocenters. The van der Waals surface area contributed by atoms with Crippen LogP contribution in [0, 0.1) is 0 Å². The van der Waals surface area contributed by atoms with Crippen LogP contribution < -0.4 is 0 Å². The van der Waals surface area contributed by atoms with Crippen LogP contribution in [0.1, 0.15) is 37.0 Å². The summed E-state index contributed by atoms with van der Waals surface area (Å²) in [6.45, 7) is 3.16. The first kappa shape index (κ1) is 13.5. The third kappa shape index (κ3) is 3.31. The molecule has 2 atom stereocenters. The third-order valence-electron chi connectivity index (χ3n) is 3.56. The normalized spacial score (nSPS) is 22.3. The highest BCUT2D eigenvalue weighted by molar-refractivity contribution is 5.31. The van der Waals surface area contributed by atoms with Crippen LogP contribution in [0.3, 0.4) is 0 Å². The maximum absolute atomic E-state index is 10.4. The lowest BCUT2D eigenvalue weighted by Gasteiger charge is -2.32. The maximum atomic E-state index is 10.4. The van der Waals surface area contributed by atoms with E-state index in [0.717, 1.165) is 13.0 Å². The number of rotatable bonds is 5. The van der Waals surface area contributed by atoms with E-state index in [0.29, 0.717) is 19.4 Å². The van der Waals surface area contributed by atoms with E-state index in [1.807, 2.05) is 13.0 Å². The lowest BCUT2D eigenvalue weighted by Crippen LogP contribution is -2.31. The number of ether oxygens (including phenoxy) is 2. The molecule has 1 aliphatic rings. The first-order valence-electron chi connectivity index (χ1n) is 6.53. The smallest absolute Gasteiger partial charge is 0.0855 e. The van der Waals surface area contributed by atoms with Crippen molar-refractivity contribution < 1.29 is 14.6 Å². The lowest BCUT2D eigenvalue weighted by atomic mass is 9.88. The van der Waals surface area contributed by atoms with Crippen molar-refractivity contribution in [3.63, 3.8) is 0 Å². The largest absolute Gasteiger partial charge is 0.390 e. The molecule has 0 aliphatic carbocycles. The molecule has 1 aromatic carbocycles. The standard InChI is InChI=1S/C15H22O3/c1-15(16,8-10-17-2)11-14-13-6-4-3-5-12(13)7-9-18-14/h3-6,14,16H,7-11H2,1-2H3. The molecular formula is C15H22O3. The zero-order valence-electron chi connectivity index (χ0n) is 11.2. The Kier molecular flexibility index (Phi) is 4.38. The van der Waals surface area contributed by atoms with Crippen LogP contribution in [0.15, 0.2) is 24.3 Å². The van der Waals surface area contributed by atoms with Gasteiger partial charge in [0.15, 0.2) is 0 Å². The molecule has 1 aromatic rings. The summed E-state index contributed by atoms with van der Waals surface area (Å²) in [5, 5.41) is 10.4. The van der Waals surface area contributed by atoms with Crippen LogP contribution in [-0.2, 0) is 15.9 Å². The van der Waals surface area contributed by atoms with Gasteiger partial charge in [-0.2, -0.15) is 0 Å². The van der Waals surface area contributed by atoms with Crippen LogP contribution in [-0.4, -0.2) is 31.0 Å². The van der Waals surface area contributed by atoms with Crippen LogP contribution in [0.5, 0.6) is 0 Å². The number of hydrogen-bond donors (Lipinski definition) is 1. The van der Waals surface area contributed by atoms with E-state index in [2.05, 4.69) is 18.2 Å². The molecule has 0 fully saturated rings. The minimum Gasteiger partial charge on any atom is -0.390 e. The maximum Gasteiger partial charge on any atom is 0.0855 e. The summed E-state index contributed by atoms with van der Waals surface area (Å²) in [5.41, 5.74) is 1.82. The van der Waals surface area contributed by atoms with Gasteiger partial charge in [0.2, 0.25) is 0 Å². The molecule has 1 aliphatic heterocycles. The average Bonchev–Trinajstić information content (AvgIpc) is 2.37. The molecule has 0 spiro atoms. The second-order valence-electron chi connectivity index (χ2n) is 5.25. The summed E-state index contributed by atoms with van der Waals surface area (Å²) in [5.74, 6) is 0. The van der Waals surface area contributed by atoms with Crippen molar-refractivity contribution in [2.24, 2.45) is 0 Å². The summed E-state index contributed by atoms with van der Waals surface area (Å²) >= 11 is 0. The van der Waals surface area contributed by atoms with Gasteiger partial charge in [-0.3, -0.25) is 0 Å². The van der Waals surface area contributed by atoms with E-state index in [4.69, 9.17) is 9.47 Å². The van der Waals surface area contributed by atoms with Crippen LogP contribution in [0.2, 0.25) is 0 Å². The number of benzene rings is 1.